The quantitative estimate of drug-likeness (QED) is 0.608. The molecule has 8 nitrogen and oxygen atoms in total. The van der Waals surface area contributed by atoms with Crippen LogP contribution in [-0.4, -0.2) is 37.2 Å². The minimum Gasteiger partial charge on any atom is -0.343 e. The summed E-state index contributed by atoms with van der Waals surface area (Å²) in [6.45, 7) is 1.44. The van der Waals surface area contributed by atoms with Crippen LogP contribution < -0.4 is 11.1 Å². The van der Waals surface area contributed by atoms with Crippen LogP contribution in [0.15, 0.2) is 18.9 Å². The molecule has 0 aromatic carbocycles. The van der Waals surface area contributed by atoms with E-state index in [9.17, 15) is 4.79 Å². The fourth-order valence-corrected chi connectivity index (χ4v) is 1.32. The smallest absolute Gasteiger partial charge is 0.271 e. The third kappa shape index (κ3) is 2.88. The van der Waals surface area contributed by atoms with E-state index >= 15 is 0 Å². The van der Waals surface area contributed by atoms with Gasteiger partial charge in [-0.25, -0.2) is 9.97 Å². The molecular weight excluding hydrogens is 222 g/mol. The Balaban J connectivity index is 1.90. The Labute approximate surface area is 97.3 Å². The topological polar surface area (TPSA) is 115 Å². The van der Waals surface area contributed by atoms with Crippen LogP contribution in [0.4, 0.5) is 0 Å². The monoisotopic (exact) mass is 235 g/mol. The molecule has 0 saturated carbocycles. The van der Waals surface area contributed by atoms with Gasteiger partial charge in [0.05, 0.1) is 12.9 Å². The van der Waals surface area contributed by atoms with E-state index in [2.05, 4.69) is 25.5 Å². The van der Waals surface area contributed by atoms with Gasteiger partial charge in [0.25, 0.3) is 5.91 Å². The molecule has 2 heterocycles. The Hall–Kier alpha value is -2.22. The summed E-state index contributed by atoms with van der Waals surface area (Å²) in [5, 5.41) is 9.01. The van der Waals surface area contributed by atoms with Crippen molar-refractivity contribution < 1.29 is 4.79 Å². The predicted octanol–water partition coefficient (Wildman–Crippen LogP) is -1.11. The highest BCUT2D eigenvalue weighted by molar-refractivity contribution is 5.91. The van der Waals surface area contributed by atoms with Gasteiger partial charge in [-0.1, -0.05) is 0 Å². The second-order valence-corrected chi connectivity index (χ2v) is 3.40. The van der Waals surface area contributed by atoms with E-state index in [1.54, 1.807) is 17.1 Å². The number of aromatic nitrogens is 5. The molecule has 90 valence electrons. The van der Waals surface area contributed by atoms with Gasteiger partial charge in [0.1, 0.15) is 17.8 Å². The normalized spacial score (nSPS) is 10.4. The third-order valence-corrected chi connectivity index (χ3v) is 2.13. The van der Waals surface area contributed by atoms with Gasteiger partial charge >= 0.3 is 0 Å². The molecule has 1 amide bonds. The Morgan fingerprint density at radius 3 is 3.12 bits per heavy atom. The van der Waals surface area contributed by atoms with Gasteiger partial charge in [-0.2, -0.15) is 5.10 Å². The molecule has 0 spiro atoms. The highest BCUT2D eigenvalue weighted by Gasteiger charge is 2.09. The zero-order valence-corrected chi connectivity index (χ0v) is 9.13. The Morgan fingerprint density at radius 1 is 1.53 bits per heavy atom. The molecule has 0 unspecified atom stereocenters. The minimum atomic E-state index is -0.253. The minimum absolute atomic E-state index is 0.253. The highest BCUT2D eigenvalue weighted by atomic mass is 16.1. The number of nitrogens with one attached hydrogen (secondary N) is 2. The van der Waals surface area contributed by atoms with Gasteiger partial charge < -0.3 is 15.6 Å². The van der Waals surface area contributed by atoms with Crippen LogP contribution in [0, 0.1) is 0 Å². The van der Waals surface area contributed by atoms with Gasteiger partial charge in [-0.3, -0.25) is 9.89 Å². The molecule has 8 heteroatoms. The zero-order chi connectivity index (χ0) is 12.1. The number of carbonyl (C=O) groups is 1. The number of rotatable bonds is 5. The van der Waals surface area contributed by atoms with Crippen molar-refractivity contribution in [3.63, 3.8) is 0 Å². The maximum atomic E-state index is 11.7. The summed E-state index contributed by atoms with van der Waals surface area (Å²) in [7, 11) is 0. The lowest BCUT2D eigenvalue weighted by atomic mass is 10.4. The summed E-state index contributed by atoms with van der Waals surface area (Å²) in [6.07, 6.45) is 4.62. The van der Waals surface area contributed by atoms with Gasteiger partial charge in [-0.05, 0) is 0 Å². The van der Waals surface area contributed by atoms with Crippen molar-refractivity contribution in [1.82, 2.24) is 30.0 Å². The van der Waals surface area contributed by atoms with E-state index in [-0.39, 0.29) is 5.91 Å². The molecular formula is C9H13N7O. The molecule has 2 rings (SSSR count). The van der Waals surface area contributed by atoms with Gasteiger partial charge in [0.15, 0.2) is 0 Å². The fraction of sp³-hybridized carbons (Fsp3) is 0.333. The Bertz CT molecular complexity index is 475. The number of aromatic amines is 1. The average molecular weight is 235 g/mol. The number of carbonyl (C=O) groups excluding carboxylic acids is 1. The third-order valence-electron chi connectivity index (χ3n) is 2.13. The summed E-state index contributed by atoms with van der Waals surface area (Å²) < 4.78 is 1.77. The first kappa shape index (κ1) is 11.3. The van der Waals surface area contributed by atoms with Crippen molar-refractivity contribution in [1.29, 1.82) is 0 Å². The van der Waals surface area contributed by atoms with Crippen LogP contribution in [0.25, 0.3) is 0 Å². The molecule has 17 heavy (non-hydrogen) atoms. The predicted molar refractivity (Wildman–Crippen MR) is 58.8 cm³/mol. The first-order chi connectivity index (χ1) is 8.29. The average Bonchev–Trinajstić information content (AvgIpc) is 2.97. The van der Waals surface area contributed by atoms with Crippen LogP contribution in [0.5, 0.6) is 0 Å². The van der Waals surface area contributed by atoms with Gasteiger partial charge in [0, 0.05) is 19.3 Å². The maximum absolute atomic E-state index is 11.7. The number of hydrogen-bond donors (Lipinski definition) is 3. The van der Waals surface area contributed by atoms with Crippen LogP contribution in [-0.2, 0) is 13.1 Å². The van der Waals surface area contributed by atoms with Crippen molar-refractivity contribution >= 4 is 5.91 Å². The lowest BCUT2D eigenvalue weighted by Gasteiger charge is -1.99. The molecule has 0 bridgehead atoms. The van der Waals surface area contributed by atoms with Gasteiger partial charge in [-0.15, -0.1) is 0 Å². The standard InChI is InChI=1S/C9H13N7O/c10-1-2-16-4-7(13-6-16)9(17)11-3-8-12-5-14-15-8/h4-6H,1-3,10H2,(H,11,17)(H,12,14,15). The Kier molecular flexibility index (Phi) is 3.46. The number of nitrogens with two attached hydrogens (primary N) is 1. The zero-order valence-electron chi connectivity index (χ0n) is 9.13. The van der Waals surface area contributed by atoms with Gasteiger partial charge in [0.2, 0.25) is 0 Å². The molecule has 4 N–H and O–H groups in total. The van der Waals surface area contributed by atoms with E-state index in [1.165, 1.54) is 6.33 Å². The number of amides is 1. The second-order valence-electron chi connectivity index (χ2n) is 3.40. The van der Waals surface area contributed by atoms with Crippen molar-refractivity contribution in [3.8, 4) is 0 Å². The van der Waals surface area contributed by atoms with Crippen LogP contribution in [0.3, 0.4) is 0 Å². The molecule has 2 aromatic heterocycles. The number of nitrogens with zero attached hydrogens (tertiary/aromatic N) is 4. The summed E-state index contributed by atoms with van der Waals surface area (Å²) in [5.41, 5.74) is 5.76. The number of imidazole rings is 1. The fourth-order valence-electron chi connectivity index (χ4n) is 1.32. The summed E-state index contributed by atoms with van der Waals surface area (Å²) in [6, 6.07) is 0. The Morgan fingerprint density at radius 2 is 2.41 bits per heavy atom. The molecule has 0 aliphatic rings. The van der Waals surface area contributed by atoms with Crippen molar-refractivity contribution in [2.45, 2.75) is 13.1 Å². The summed E-state index contributed by atoms with van der Waals surface area (Å²) in [4.78, 5) is 19.6. The highest BCUT2D eigenvalue weighted by Crippen LogP contribution is 1.96. The van der Waals surface area contributed by atoms with E-state index in [0.717, 1.165) is 0 Å². The first-order valence-electron chi connectivity index (χ1n) is 5.14. The van der Waals surface area contributed by atoms with E-state index in [4.69, 9.17) is 5.73 Å². The molecule has 0 atom stereocenters. The van der Waals surface area contributed by atoms with Crippen LogP contribution in [0.1, 0.15) is 16.3 Å². The molecule has 0 saturated heterocycles. The lowest BCUT2D eigenvalue weighted by molar-refractivity contribution is 0.0945. The SMILES string of the molecule is NCCn1cnc(C(=O)NCc2ncn[nH]2)c1. The second kappa shape index (κ2) is 5.21. The lowest BCUT2D eigenvalue weighted by Crippen LogP contribution is -2.23. The van der Waals surface area contributed by atoms with E-state index < -0.39 is 0 Å². The van der Waals surface area contributed by atoms with Crippen molar-refractivity contribution in [2.75, 3.05) is 6.54 Å². The molecule has 0 aliphatic heterocycles. The molecule has 0 radical (unpaired) electrons. The van der Waals surface area contributed by atoms with E-state index in [1.807, 2.05) is 0 Å². The van der Waals surface area contributed by atoms with Crippen molar-refractivity contribution in [3.05, 3.63) is 30.4 Å². The summed E-state index contributed by atoms with van der Waals surface area (Å²) in [5.74, 6) is 0.344. The maximum Gasteiger partial charge on any atom is 0.271 e. The van der Waals surface area contributed by atoms with Crippen molar-refractivity contribution in [2.24, 2.45) is 5.73 Å². The van der Waals surface area contributed by atoms with E-state index in [0.29, 0.717) is 31.2 Å². The summed E-state index contributed by atoms with van der Waals surface area (Å²) >= 11 is 0. The molecule has 2 aromatic rings. The van der Waals surface area contributed by atoms with Crippen LogP contribution >= 0.6 is 0 Å². The molecule has 0 fully saturated rings. The van der Waals surface area contributed by atoms with Crippen LogP contribution in [0.2, 0.25) is 0 Å². The largest absolute Gasteiger partial charge is 0.343 e. The first-order valence-corrected chi connectivity index (χ1v) is 5.14. The number of hydrogen-bond acceptors (Lipinski definition) is 5. The molecule has 0 aliphatic carbocycles. The number of H-pyrrole nitrogens is 1.